The number of nitrogens with one attached hydrogen (secondary N) is 1. The number of aryl methyl sites for hydroxylation is 2. The Balaban J connectivity index is 2.24. The average Bonchev–Trinajstić information content (AvgIpc) is 2.89. The molecule has 1 aromatic heterocycles. The Kier molecular flexibility index (Phi) is 4.52. The maximum Gasteiger partial charge on any atom is 0.387 e. The van der Waals surface area contributed by atoms with Crippen molar-refractivity contribution in [1.29, 1.82) is 0 Å². The first-order chi connectivity index (χ1) is 10.0. The molecule has 0 aliphatic carbocycles. The summed E-state index contributed by atoms with van der Waals surface area (Å²) in [5, 5.41) is 6.55. The summed E-state index contributed by atoms with van der Waals surface area (Å²) in [5.74, 6) is -0.502. The highest BCUT2D eigenvalue weighted by molar-refractivity contribution is 6.03. The molecule has 0 aliphatic heterocycles. The summed E-state index contributed by atoms with van der Waals surface area (Å²) < 4.78 is 30.8. The van der Waals surface area contributed by atoms with E-state index in [-0.39, 0.29) is 11.4 Å². The minimum atomic E-state index is -2.95. The Morgan fingerprint density at radius 2 is 2.19 bits per heavy atom. The quantitative estimate of drug-likeness (QED) is 0.922. The van der Waals surface area contributed by atoms with Crippen molar-refractivity contribution in [3.63, 3.8) is 0 Å². The van der Waals surface area contributed by atoms with Crippen molar-refractivity contribution in [3.8, 4) is 5.75 Å². The molecule has 0 saturated carbocycles. The molecule has 0 unspecified atom stereocenters. The first kappa shape index (κ1) is 15.0. The van der Waals surface area contributed by atoms with Gasteiger partial charge in [0.1, 0.15) is 11.4 Å². The number of amides is 1. The summed E-state index contributed by atoms with van der Waals surface area (Å²) in [6.45, 7) is 1.17. The van der Waals surface area contributed by atoms with Gasteiger partial charge >= 0.3 is 6.61 Å². The van der Waals surface area contributed by atoms with Crippen molar-refractivity contribution in [2.45, 2.75) is 27.0 Å². The third-order valence-corrected chi connectivity index (χ3v) is 2.85. The van der Waals surface area contributed by atoms with Crippen LogP contribution in [0.1, 0.15) is 23.0 Å². The van der Waals surface area contributed by atoms with E-state index in [9.17, 15) is 13.6 Å². The van der Waals surface area contributed by atoms with Crippen molar-refractivity contribution < 1.29 is 18.3 Å². The largest absolute Gasteiger partial charge is 0.433 e. The number of hydrogen-bond acceptors (Lipinski definition) is 3. The highest BCUT2D eigenvalue weighted by Gasteiger charge is 2.15. The first-order valence-electron chi connectivity index (χ1n) is 6.40. The van der Waals surface area contributed by atoms with E-state index in [1.54, 1.807) is 19.1 Å². The van der Waals surface area contributed by atoms with Crippen LogP contribution >= 0.6 is 0 Å². The average molecular weight is 295 g/mol. The molecule has 5 nitrogen and oxygen atoms in total. The van der Waals surface area contributed by atoms with Gasteiger partial charge in [0.2, 0.25) is 0 Å². The van der Waals surface area contributed by atoms with Crippen LogP contribution in [0.2, 0.25) is 0 Å². The van der Waals surface area contributed by atoms with Crippen LogP contribution in [0.3, 0.4) is 0 Å². The normalized spacial score (nSPS) is 10.7. The smallest absolute Gasteiger partial charge is 0.387 e. The van der Waals surface area contributed by atoms with Gasteiger partial charge in [-0.25, -0.2) is 0 Å². The van der Waals surface area contributed by atoms with Gasteiger partial charge in [0.05, 0.1) is 5.69 Å². The van der Waals surface area contributed by atoms with Crippen LogP contribution in [-0.2, 0) is 6.54 Å². The topological polar surface area (TPSA) is 56.2 Å². The van der Waals surface area contributed by atoms with E-state index in [2.05, 4.69) is 15.2 Å². The molecule has 0 spiro atoms. The highest BCUT2D eigenvalue weighted by Crippen LogP contribution is 2.27. The summed E-state index contributed by atoms with van der Waals surface area (Å²) in [5.41, 5.74) is 1.29. The van der Waals surface area contributed by atoms with Crippen molar-refractivity contribution in [3.05, 3.63) is 41.7 Å². The van der Waals surface area contributed by atoms with Gasteiger partial charge in [0.25, 0.3) is 5.91 Å². The van der Waals surface area contributed by atoms with E-state index in [1.165, 1.54) is 23.0 Å². The summed E-state index contributed by atoms with van der Waals surface area (Å²) in [4.78, 5) is 12.2. The van der Waals surface area contributed by atoms with Crippen LogP contribution < -0.4 is 10.1 Å². The monoisotopic (exact) mass is 295 g/mol. The highest BCUT2D eigenvalue weighted by atomic mass is 19.3. The maximum atomic E-state index is 12.4. The van der Waals surface area contributed by atoms with Gasteiger partial charge in [0.15, 0.2) is 0 Å². The van der Waals surface area contributed by atoms with Gasteiger partial charge in [0, 0.05) is 12.7 Å². The minimum absolute atomic E-state index is 0.0686. The lowest BCUT2D eigenvalue weighted by Gasteiger charge is -2.13. The van der Waals surface area contributed by atoms with Crippen molar-refractivity contribution in [2.24, 2.45) is 0 Å². The molecule has 0 radical (unpaired) electrons. The van der Waals surface area contributed by atoms with Crippen molar-refractivity contribution in [1.82, 2.24) is 9.78 Å². The molecule has 1 aromatic carbocycles. The fourth-order valence-corrected chi connectivity index (χ4v) is 1.89. The molecule has 21 heavy (non-hydrogen) atoms. The van der Waals surface area contributed by atoms with E-state index in [4.69, 9.17) is 0 Å². The number of rotatable bonds is 5. The fraction of sp³-hybridized carbons (Fsp3) is 0.286. The van der Waals surface area contributed by atoms with Crippen molar-refractivity contribution >= 4 is 11.6 Å². The van der Waals surface area contributed by atoms with Gasteiger partial charge in [-0.05, 0) is 37.6 Å². The van der Waals surface area contributed by atoms with E-state index in [0.29, 0.717) is 12.2 Å². The van der Waals surface area contributed by atoms with Gasteiger partial charge in [-0.15, -0.1) is 0 Å². The second kappa shape index (κ2) is 6.34. The molecule has 1 amide bonds. The number of nitrogens with zero attached hydrogens (tertiary/aromatic N) is 2. The second-order valence-corrected chi connectivity index (χ2v) is 4.36. The number of benzene rings is 1. The van der Waals surface area contributed by atoms with Gasteiger partial charge in [-0.2, -0.15) is 13.9 Å². The molecule has 7 heteroatoms. The van der Waals surface area contributed by atoms with Gasteiger partial charge < -0.3 is 10.1 Å². The Labute approximate surface area is 120 Å². The maximum absolute atomic E-state index is 12.4. The molecule has 0 fully saturated rings. The lowest BCUT2D eigenvalue weighted by molar-refractivity contribution is -0.0494. The predicted molar refractivity (Wildman–Crippen MR) is 73.7 cm³/mol. The Morgan fingerprint density at radius 3 is 2.86 bits per heavy atom. The third-order valence-electron chi connectivity index (χ3n) is 2.85. The van der Waals surface area contributed by atoms with Crippen LogP contribution in [0, 0.1) is 6.92 Å². The zero-order valence-corrected chi connectivity index (χ0v) is 11.6. The molecular weight excluding hydrogens is 280 g/mol. The molecular formula is C14H15F2N3O2. The van der Waals surface area contributed by atoms with E-state index < -0.39 is 12.5 Å². The number of aromatic nitrogens is 2. The molecule has 0 atom stereocenters. The Morgan fingerprint density at radius 1 is 1.43 bits per heavy atom. The van der Waals surface area contributed by atoms with E-state index >= 15 is 0 Å². The molecule has 2 rings (SSSR count). The SMILES string of the molecule is CCn1nccc1C(=O)Nc1ccc(C)cc1OC(F)F. The number of carbonyl (C=O) groups excluding carboxylic acids is 1. The van der Waals surface area contributed by atoms with Crippen molar-refractivity contribution in [2.75, 3.05) is 5.32 Å². The summed E-state index contributed by atoms with van der Waals surface area (Å²) in [7, 11) is 0. The second-order valence-electron chi connectivity index (χ2n) is 4.36. The van der Waals surface area contributed by atoms with Crippen LogP contribution in [0.15, 0.2) is 30.5 Å². The van der Waals surface area contributed by atoms with Crippen LogP contribution in [0.25, 0.3) is 0 Å². The lowest BCUT2D eigenvalue weighted by Crippen LogP contribution is -2.18. The third kappa shape index (κ3) is 3.56. The summed E-state index contributed by atoms with van der Waals surface area (Å²) in [6.07, 6.45) is 1.50. The van der Waals surface area contributed by atoms with Crippen LogP contribution in [-0.4, -0.2) is 22.3 Å². The molecule has 2 aromatic rings. The number of alkyl halides is 2. The molecule has 0 bridgehead atoms. The number of hydrogen-bond donors (Lipinski definition) is 1. The molecule has 0 aliphatic rings. The number of halogens is 2. The fourth-order valence-electron chi connectivity index (χ4n) is 1.89. The molecule has 0 saturated heterocycles. The standard InChI is InChI=1S/C14H15F2N3O2/c1-3-19-11(6-7-17-19)13(20)18-10-5-4-9(2)8-12(10)21-14(15)16/h4-8,14H,3H2,1-2H3,(H,18,20). The Hall–Kier alpha value is -2.44. The lowest BCUT2D eigenvalue weighted by atomic mass is 10.2. The predicted octanol–water partition coefficient (Wildman–Crippen LogP) is 3.07. The number of carbonyl (C=O) groups is 1. The number of ether oxygens (including phenoxy) is 1. The summed E-state index contributed by atoms with van der Waals surface area (Å²) in [6, 6.07) is 6.22. The van der Waals surface area contributed by atoms with Gasteiger partial charge in [-0.1, -0.05) is 6.07 Å². The summed E-state index contributed by atoms with van der Waals surface area (Å²) >= 11 is 0. The minimum Gasteiger partial charge on any atom is -0.433 e. The van der Waals surface area contributed by atoms with E-state index in [0.717, 1.165) is 5.56 Å². The molecule has 1 N–H and O–H groups in total. The Bertz CT molecular complexity index is 641. The zero-order valence-electron chi connectivity index (χ0n) is 11.6. The molecule has 112 valence electrons. The van der Waals surface area contributed by atoms with Crippen LogP contribution in [0.4, 0.5) is 14.5 Å². The van der Waals surface area contributed by atoms with Crippen LogP contribution in [0.5, 0.6) is 5.75 Å². The molecule has 1 heterocycles. The van der Waals surface area contributed by atoms with Gasteiger partial charge in [-0.3, -0.25) is 9.48 Å². The first-order valence-corrected chi connectivity index (χ1v) is 6.40. The zero-order chi connectivity index (χ0) is 15.4. The number of anilines is 1. The van der Waals surface area contributed by atoms with E-state index in [1.807, 2.05) is 6.92 Å².